The molecule has 3 aromatic carbocycles. The van der Waals surface area contributed by atoms with Gasteiger partial charge < -0.3 is 0 Å². The Bertz CT molecular complexity index is 986. The summed E-state index contributed by atoms with van der Waals surface area (Å²) in [6.45, 7) is 0. The van der Waals surface area contributed by atoms with Gasteiger partial charge in [-0.25, -0.2) is 8.42 Å². The molecule has 0 heterocycles. The highest BCUT2D eigenvalue weighted by atomic mass is 79.9. The van der Waals surface area contributed by atoms with Gasteiger partial charge in [-0.15, -0.1) is 0 Å². The lowest BCUT2D eigenvalue weighted by molar-refractivity contribution is 0.601. The monoisotopic (exact) mass is 429 g/mol. The van der Waals surface area contributed by atoms with Crippen molar-refractivity contribution in [2.24, 2.45) is 0 Å². The van der Waals surface area contributed by atoms with Crippen LogP contribution in [-0.2, 0) is 10.0 Å². The second kappa shape index (κ2) is 6.32. The topological polar surface area (TPSA) is 46.2 Å². The molecule has 0 radical (unpaired) electrons. The molecule has 3 rings (SSSR count). The second-order valence-corrected chi connectivity index (χ2v) is 8.26. The second-order valence-electron chi connectivity index (χ2n) is 4.85. The number of sulfonamides is 1. The van der Waals surface area contributed by atoms with E-state index in [2.05, 4.69) is 20.7 Å². The average molecular weight is 431 g/mol. The number of benzene rings is 3. The average Bonchev–Trinajstić information content (AvgIpc) is 2.49. The first-order chi connectivity index (χ1) is 10.9. The van der Waals surface area contributed by atoms with E-state index < -0.39 is 10.0 Å². The van der Waals surface area contributed by atoms with Crippen LogP contribution < -0.4 is 4.72 Å². The highest BCUT2D eigenvalue weighted by molar-refractivity contribution is 9.10. The molecule has 0 unspecified atom stereocenters. The van der Waals surface area contributed by atoms with E-state index in [1.165, 1.54) is 18.2 Å². The van der Waals surface area contributed by atoms with Gasteiger partial charge in [0.15, 0.2) is 0 Å². The summed E-state index contributed by atoms with van der Waals surface area (Å²) in [7, 11) is -3.82. The van der Waals surface area contributed by atoms with Gasteiger partial charge in [-0.05, 0) is 45.6 Å². The number of fused-ring (bicyclic) bond motifs is 1. The van der Waals surface area contributed by atoms with E-state index in [4.69, 9.17) is 23.2 Å². The Morgan fingerprint density at radius 3 is 2.26 bits per heavy atom. The van der Waals surface area contributed by atoms with Crippen LogP contribution in [0.2, 0.25) is 10.0 Å². The molecule has 3 aromatic rings. The van der Waals surface area contributed by atoms with Gasteiger partial charge in [-0.2, -0.15) is 0 Å². The van der Waals surface area contributed by atoms with Crippen LogP contribution in [-0.4, -0.2) is 8.42 Å². The summed E-state index contributed by atoms with van der Waals surface area (Å²) in [5.74, 6) is 0. The van der Waals surface area contributed by atoms with Gasteiger partial charge in [0.25, 0.3) is 10.0 Å². The zero-order chi connectivity index (χ0) is 16.6. The molecule has 0 aliphatic rings. The van der Waals surface area contributed by atoms with Crippen LogP contribution in [0.25, 0.3) is 10.8 Å². The third-order valence-electron chi connectivity index (χ3n) is 3.26. The van der Waals surface area contributed by atoms with E-state index in [1.807, 2.05) is 30.3 Å². The molecule has 0 spiro atoms. The number of hydrogen-bond acceptors (Lipinski definition) is 2. The SMILES string of the molecule is O=S(=O)(Nc1c(Br)ccc2ccccc12)c1cc(Cl)cc(Cl)c1. The molecular formula is C16H10BrCl2NO2S. The van der Waals surface area contributed by atoms with E-state index in [9.17, 15) is 8.42 Å². The number of rotatable bonds is 3. The van der Waals surface area contributed by atoms with E-state index in [0.29, 0.717) is 10.2 Å². The molecule has 0 fully saturated rings. The number of anilines is 1. The first-order valence-corrected chi connectivity index (χ1v) is 9.56. The van der Waals surface area contributed by atoms with Crippen molar-refractivity contribution in [3.63, 3.8) is 0 Å². The van der Waals surface area contributed by atoms with Crippen LogP contribution >= 0.6 is 39.1 Å². The van der Waals surface area contributed by atoms with Gasteiger partial charge >= 0.3 is 0 Å². The molecule has 3 nitrogen and oxygen atoms in total. The Morgan fingerprint density at radius 1 is 0.913 bits per heavy atom. The lowest BCUT2D eigenvalue weighted by atomic mass is 10.1. The first kappa shape index (κ1) is 16.6. The molecule has 0 aliphatic heterocycles. The number of nitrogens with one attached hydrogen (secondary N) is 1. The normalized spacial score (nSPS) is 11.6. The Hall–Kier alpha value is -1.27. The van der Waals surface area contributed by atoms with Crippen LogP contribution in [0.5, 0.6) is 0 Å². The van der Waals surface area contributed by atoms with Crippen molar-refractivity contribution >= 4 is 65.6 Å². The minimum absolute atomic E-state index is 0.00911. The van der Waals surface area contributed by atoms with Gasteiger partial charge in [0, 0.05) is 19.9 Å². The van der Waals surface area contributed by atoms with Gasteiger partial charge in [-0.3, -0.25) is 4.72 Å². The van der Waals surface area contributed by atoms with Crippen LogP contribution in [0.1, 0.15) is 0 Å². The molecule has 23 heavy (non-hydrogen) atoms. The molecule has 0 bridgehead atoms. The molecule has 0 atom stereocenters. The van der Waals surface area contributed by atoms with E-state index in [1.54, 1.807) is 6.07 Å². The molecule has 1 N–H and O–H groups in total. The third kappa shape index (κ3) is 3.48. The van der Waals surface area contributed by atoms with E-state index in [0.717, 1.165) is 10.8 Å². The maximum atomic E-state index is 12.7. The Kier molecular flexibility index (Phi) is 4.56. The van der Waals surface area contributed by atoms with Crippen LogP contribution in [0.15, 0.2) is 64.0 Å². The Morgan fingerprint density at radius 2 is 1.57 bits per heavy atom. The largest absolute Gasteiger partial charge is 0.278 e. The van der Waals surface area contributed by atoms with E-state index in [-0.39, 0.29) is 14.9 Å². The lowest BCUT2D eigenvalue weighted by Gasteiger charge is -2.13. The number of hydrogen-bond donors (Lipinski definition) is 1. The summed E-state index contributed by atoms with van der Waals surface area (Å²) in [6, 6.07) is 15.4. The van der Waals surface area contributed by atoms with Crippen LogP contribution in [0.3, 0.4) is 0 Å². The zero-order valence-corrected chi connectivity index (χ0v) is 15.5. The maximum absolute atomic E-state index is 12.7. The van der Waals surface area contributed by atoms with Crippen LogP contribution in [0, 0.1) is 0 Å². The fraction of sp³-hybridized carbons (Fsp3) is 0. The first-order valence-electron chi connectivity index (χ1n) is 6.53. The minimum atomic E-state index is -3.82. The van der Waals surface area contributed by atoms with E-state index >= 15 is 0 Å². The summed E-state index contributed by atoms with van der Waals surface area (Å²) in [4.78, 5) is 0.00911. The molecule has 118 valence electrons. The quantitative estimate of drug-likeness (QED) is 0.578. The lowest BCUT2D eigenvalue weighted by Crippen LogP contribution is -2.13. The molecule has 0 saturated carbocycles. The van der Waals surface area contributed by atoms with Crippen molar-refractivity contribution in [1.29, 1.82) is 0 Å². The fourth-order valence-corrected chi connectivity index (χ4v) is 4.63. The summed E-state index contributed by atoms with van der Waals surface area (Å²) >= 11 is 15.2. The van der Waals surface area contributed by atoms with Crippen molar-refractivity contribution in [1.82, 2.24) is 0 Å². The van der Waals surface area contributed by atoms with Crippen molar-refractivity contribution in [3.8, 4) is 0 Å². The van der Waals surface area contributed by atoms with Gasteiger partial charge in [-0.1, -0.05) is 53.5 Å². The summed E-state index contributed by atoms with van der Waals surface area (Å²) < 4.78 is 28.6. The molecule has 0 saturated heterocycles. The highest BCUT2D eigenvalue weighted by Crippen LogP contribution is 2.33. The fourth-order valence-electron chi connectivity index (χ4n) is 2.23. The third-order valence-corrected chi connectivity index (χ3v) is 5.69. The van der Waals surface area contributed by atoms with Gasteiger partial charge in [0.05, 0.1) is 10.6 Å². The summed E-state index contributed by atoms with van der Waals surface area (Å²) in [6.07, 6.45) is 0. The van der Waals surface area contributed by atoms with Crippen molar-refractivity contribution < 1.29 is 8.42 Å². The smallest absolute Gasteiger partial charge is 0.262 e. The summed E-state index contributed by atoms with van der Waals surface area (Å²) in [5, 5.41) is 2.24. The Labute approximate surface area is 152 Å². The van der Waals surface area contributed by atoms with Gasteiger partial charge in [0.2, 0.25) is 0 Å². The molecular weight excluding hydrogens is 421 g/mol. The van der Waals surface area contributed by atoms with Crippen molar-refractivity contribution in [3.05, 3.63) is 69.1 Å². The predicted molar refractivity (Wildman–Crippen MR) is 98.9 cm³/mol. The van der Waals surface area contributed by atoms with Crippen molar-refractivity contribution in [2.75, 3.05) is 4.72 Å². The predicted octanol–water partition coefficient (Wildman–Crippen LogP) is 5.71. The van der Waals surface area contributed by atoms with Crippen LogP contribution in [0.4, 0.5) is 5.69 Å². The molecule has 0 aliphatic carbocycles. The van der Waals surface area contributed by atoms with Gasteiger partial charge in [0.1, 0.15) is 0 Å². The van der Waals surface area contributed by atoms with Crippen molar-refractivity contribution in [2.45, 2.75) is 4.90 Å². The molecule has 0 aromatic heterocycles. The Balaban J connectivity index is 2.12. The highest BCUT2D eigenvalue weighted by Gasteiger charge is 2.18. The minimum Gasteiger partial charge on any atom is -0.278 e. The number of halogens is 3. The standard InChI is InChI=1S/C16H10BrCl2NO2S/c17-15-6-5-10-3-1-2-4-14(10)16(15)20-23(21,22)13-8-11(18)7-12(19)9-13/h1-9,20H. The maximum Gasteiger partial charge on any atom is 0.262 e. The molecule has 7 heteroatoms. The zero-order valence-electron chi connectivity index (χ0n) is 11.6. The summed E-state index contributed by atoms with van der Waals surface area (Å²) in [5.41, 5.74) is 0.471. The molecule has 0 amide bonds.